The molecule has 13 heavy (non-hydrogen) atoms. The zero-order chi connectivity index (χ0) is 9.90. The van der Waals surface area contributed by atoms with Crippen LogP contribution in [0, 0.1) is 0 Å². The molecule has 0 unspecified atom stereocenters. The average Bonchev–Trinajstić information content (AvgIpc) is 2.18. The van der Waals surface area contributed by atoms with Crippen molar-refractivity contribution in [2.75, 3.05) is 16.6 Å². The number of halogens is 1. The SMILES string of the molecule is CN(c1ccccc1)S(=O)(=O)CCl. The average molecular weight is 220 g/mol. The highest BCUT2D eigenvalue weighted by atomic mass is 35.5. The lowest BCUT2D eigenvalue weighted by Gasteiger charge is -2.17. The Hall–Kier alpha value is -0.740. The van der Waals surface area contributed by atoms with Crippen LogP contribution in [0.25, 0.3) is 0 Å². The Morgan fingerprint density at radius 3 is 2.31 bits per heavy atom. The van der Waals surface area contributed by atoms with Crippen molar-refractivity contribution in [2.24, 2.45) is 0 Å². The van der Waals surface area contributed by atoms with Gasteiger partial charge in [0.05, 0.1) is 5.69 Å². The van der Waals surface area contributed by atoms with E-state index in [0.717, 1.165) is 0 Å². The first-order chi connectivity index (χ1) is 6.08. The number of para-hydroxylation sites is 1. The van der Waals surface area contributed by atoms with Gasteiger partial charge < -0.3 is 0 Å². The monoisotopic (exact) mass is 219 g/mol. The van der Waals surface area contributed by atoms with E-state index in [-0.39, 0.29) is 0 Å². The molecule has 0 N–H and O–H groups in total. The predicted molar refractivity (Wildman–Crippen MR) is 54.5 cm³/mol. The van der Waals surface area contributed by atoms with Gasteiger partial charge >= 0.3 is 0 Å². The minimum Gasteiger partial charge on any atom is -0.272 e. The highest BCUT2D eigenvalue weighted by Gasteiger charge is 2.15. The summed E-state index contributed by atoms with van der Waals surface area (Å²) in [7, 11) is -1.87. The molecule has 0 spiro atoms. The molecule has 0 fully saturated rings. The van der Waals surface area contributed by atoms with Crippen LogP contribution in [0.2, 0.25) is 0 Å². The summed E-state index contributed by atoms with van der Waals surface area (Å²) in [5, 5.41) is -0.404. The molecule has 0 aliphatic rings. The Morgan fingerprint density at radius 2 is 1.85 bits per heavy atom. The van der Waals surface area contributed by atoms with Crippen molar-refractivity contribution >= 4 is 27.3 Å². The van der Waals surface area contributed by atoms with Gasteiger partial charge in [-0.3, -0.25) is 4.31 Å². The first-order valence-corrected chi connectivity index (χ1v) is 5.80. The molecule has 0 saturated carbocycles. The van der Waals surface area contributed by atoms with Crippen LogP contribution in [0.3, 0.4) is 0 Å². The van der Waals surface area contributed by atoms with E-state index in [4.69, 9.17) is 11.6 Å². The number of anilines is 1. The van der Waals surface area contributed by atoms with E-state index in [9.17, 15) is 8.42 Å². The number of nitrogens with zero attached hydrogens (tertiary/aromatic N) is 1. The van der Waals surface area contributed by atoms with E-state index in [1.807, 2.05) is 6.07 Å². The highest BCUT2D eigenvalue weighted by molar-refractivity contribution is 7.93. The van der Waals surface area contributed by atoms with Gasteiger partial charge in [-0.05, 0) is 12.1 Å². The van der Waals surface area contributed by atoms with E-state index < -0.39 is 15.2 Å². The topological polar surface area (TPSA) is 37.4 Å². The lowest BCUT2D eigenvalue weighted by Crippen LogP contribution is -2.27. The first-order valence-electron chi connectivity index (χ1n) is 3.65. The zero-order valence-electron chi connectivity index (χ0n) is 7.14. The lowest BCUT2D eigenvalue weighted by atomic mass is 10.3. The molecule has 1 aromatic carbocycles. The standard InChI is InChI=1S/C8H10ClNO2S/c1-10(13(11,12)7-9)8-5-3-2-4-6-8/h2-6H,7H2,1H3. The summed E-state index contributed by atoms with van der Waals surface area (Å²) in [6, 6.07) is 8.80. The van der Waals surface area contributed by atoms with E-state index >= 15 is 0 Å². The number of alkyl halides is 1. The highest BCUT2D eigenvalue weighted by Crippen LogP contribution is 2.15. The van der Waals surface area contributed by atoms with E-state index in [1.165, 1.54) is 11.4 Å². The third-order valence-corrected chi connectivity index (χ3v) is 3.82. The molecule has 1 aromatic rings. The van der Waals surface area contributed by atoms with Crippen LogP contribution in [0.1, 0.15) is 0 Å². The summed E-state index contributed by atoms with van der Waals surface area (Å²) in [6.45, 7) is 0. The van der Waals surface area contributed by atoms with Gasteiger partial charge in [0.2, 0.25) is 10.0 Å². The Balaban J connectivity index is 2.99. The van der Waals surface area contributed by atoms with Gasteiger partial charge in [-0.2, -0.15) is 0 Å². The van der Waals surface area contributed by atoms with Crippen LogP contribution < -0.4 is 4.31 Å². The number of rotatable bonds is 3. The third-order valence-electron chi connectivity index (χ3n) is 1.67. The van der Waals surface area contributed by atoms with Crippen molar-refractivity contribution in [3.63, 3.8) is 0 Å². The van der Waals surface area contributed by atoms with Crippen LogP contribution in [0.15, 0.2) is 30.3 Å². The predicted octanol–water partition coefficient (Wildman–Crippen LogP) is 1.65. The van der Waals surface area contributed by atoms with Crippen LogP contribution in [0.5, 0.6) is 0 Å². The summed E-state index contributed by atoms with van der Waals surface area (Å²) < 4.78 is 23.8. The normalized spacial score (nSPS) is 11.2. The molecule has 0 aromatic heterocycles. The van der Waals surface area contributed by atoms with E-state index in [2.05, 4.69) is 0 Å². The number of benzene rings is 1. The number of hydrogen-bond donors (Lipinski definition) is 0. The van der Waals surface area contributed by atoms with Crippen LogP contribution in [0.4, 0.5) is 5.69 Å². The molecule has 0 heterocycles. The minimum atomic E-state index is -3.35. The van der Waals surface area contributed by atoms with Crippen LogP contribution >= 0.6 is 11.6 Å². The Bertz CT molecular complexity index is 363. The maximum atomic E-state index is 11.3. The zero-order valence-corrected chi connectivity index (χ0v) is 8.72. The molecule has 0 bridgehead atoms. The smallest absolute Gasteiger partial charge is 0.248 e. The maximum absolute atomic E-state index is 11.3. The van der Waals surface area contributed by atoms with Crippen molar-refractivity contribution in [1.82, 2.24) is 0 Å². The molecular formula is C8H10ClNO2S. The second kappa shape index (κ2) is 3.98. The molecule has 0 atom stereocenters. The second-order valence-corrected chi connectivity index (χ2v) is 5.11. The molecule has 0 saturated heterocycles. The second-order valence-electron chi connectivity index (χ2n) is 2.52. The summed E-state index contributed by atoms with van der Waals surface area (Å²) in [5.74, 6) is 0. The van der Waals surface area contributed by atoms with Crippen molar-refractivity contribution in [3.05, 3.63) is 30.3 Å². The summed E-state index contributed by atoms with van der Waals surface area (Å²) in [5.41, 5.74) is 0.614. The first kappa shape index (κ1) is 10.3. The van der Waals surface area contributed by atoms with Gasteiger partial charge in [0.1, 0.15) is 5.21 Å². The molecule has 5 heteroatoms. The quantitative estimate of drug-likeness (QED) is 0.725. The van der Waals surface area contributed by atoms with Gasteiger partial charge in [0, 0.05) is 7.05 Å². The van der Waals surface area contributed by atoms with Gasteiger partial charge in [-0.25, -0.2) is 8.42 Å². The summed E-state index contributed by atoms with van der Waals surface area (Å²) in [6.07, 6.45) is 0. The molecular weight excluding hydrogens is 210 g/mol. The fourth-order valence-electron chi connectivity index (χ4n) is 0.872. The molecule has 3 nitrogen and oxygen atoms in total. The lowest BCUT2D eigenvalue weighted by molar-refractivity contribution is 0.599. The number of sulfonamides is 1. The Morgan fingerprint density at radius 1 is 1.31 bits per heavy atom. The maximum Gasteiger partial charge on any atom is 0.248 e. The summed E-state index contributed by atoms with van der Waals surface area (Å²) >= 11 is 5.31. The van der Waals surface area contributed by atoms with Gasteiger partial charge in [0.15, 0.2) is 0 Å². The Kier molecular flexibility index (Phi) is 3.17. The van der Waals surface area contributed by atoms with Gasteiger partial charge in [0.25, 0.3) is 0 Å². The van der Waals surface area contributed by atoms with E-state index in [1.54, 1.807) is 24.3 Å². The van der Waals surface area contributed by atoms with Crippen molar-refractivity contribution < 1.29 is 8.42 Å². The third kappa shape index (κ3) is 2.35. The van der Waals surface area contributed by atoms with Crippen molar-refractivity contribution in [3.8, 4) is 0 Å². The van der Waals surface area contributed by atoms with Gasteiger partial charge in [-0.15, -0.1) is 11.6 Å². The van der Waals surface area contributed by atoms with Gasteiger partial charge in [-0.1, -0.05) is 18.2 Å². The molecule has 1 rings (SSSR count). The molecule has 0 radical (unpaired) electrons. The van der Waals surface area contributed by atoms with Crippen molar-refractivity contribution in [1.29, 1.82) is 0 Å². The Labute approximate surface area is 83.0 Å². The van der Waals surface area contributed by atoms with Crippen LogP contribution in [-0.4, -0.2) is 20.7 Å². The molecule has 0 amide bonds. The number of hydrogen-bond acceptors (Lipinski definition) is 2. The fourth-order valence-corrected chi connectivity index (χ4v) is 1.90. The van der Waals surface area contributed by atoms with E-state index in [0.29, 0.717) is 5.69 Å². The molecule has 0 aliphatic carbocycles. The van der Waals surface area contributed by atoms with Crippen molar-refractivity contribution in [2.45, 2.75) is 0 Å². The largest absolute Gasteiger partial charge is 0.272 e. The fraction of sp³-hybridized carbons (Fsp3) is 0.250. The molecule has 0 aliphatic heterocycles. The summed E-state index contributed by atoms with van der Waals surface area (Å²) in [4.78, 5) is 0. The minimum absolute atomic E-state index is 0.404. The van der Waals surface area contributed by atoms with Crippen LogP contribution in [-0.2, 0) is 10.0 Å². The molecule has 72 valence electrons.